The molecule has 2 unspecified atom stereocenters. The second-order valence-corrected chi connectivity index (χ2v) is 5.34. The van der Waals surface area contributed by atoms with Crippen molar-refractivity contribution in [3.05, 3.63) is 0 Å². The molecule has 0 amide bonds. The number of hydrogen-bond donors (Lipinski definition) is 0. The monoisotopic (exact) mass is 246 g/mol. The highest BCUT2D eigenvalue weighted by Gasteiger charge is 2.20. The van der Waals surface area contributed by atoms with Gasteiger partial charge in [-0.3, -0.25) is 14.8 Å². The Morgan fingerprint density at radius 3 is 3.20 bits per heavy atom. The molecule has 15 heavy (non-hydrogen) atoms. The molecular weight excluding hydrogens is 236 g/mol. The van der Waals surface area contributed by atoms with Gasteiger partial charge in [-0.15, -0.1) is 11.8 Å². The van der Waals surface area contributed by atoms with Gasteiger partial charge in [-0.05, 0) is 6.42 Å². The lowest BCUT2D eigenvalue weighted by Crippen LogP contribution is -2.05. The van der Waals surface area contributed by atoms with Crippen LogP contribution in [0.2, 0.25) is 0 Å². The molecule has 2 heterocycles. The SMILES string of the molecule is O=C1CC(=NCCC2C=NC(Cl)S2)CO1. The molecule has 0 spiro atoms. The number of rotatable bonds is 3. The van der Waals surface area contributed by atoms with Gasteiger partial charge in [0.1, 0.15) is 6.61 Å². The summed E-state index contributed by atoms with van der Waals surface area (Å²) in [6.45, 7) is 1.07. The highest BCUT2D eigenvalue weighted by atomic mass is 35.5. The van der Waals surface area contributed by atoms with Crippen LogP contribution in [0.25, 0.3) is 0 Å². The summed E-state index contributed by atoms with van der Waals surface area (Å²) in [7, 11) is 0. The zero-order valence-electron chi connectivity index (χ0n) is 8.06. The minimum absolute atomic E-state index is 0.140. The Bertz CT molecular complexity index is 319. The molecule has 0 N–H and O–H groups in total. The average molecular weight is 247 g/mol. The van der Waals surface area contributed by atoms with Crippen molar-refractivity contribution in [2.45, 2.75) is 22.9 Å². The van der Waals surface area contributed by atoms with Crippen molar-refractivity contribution in [2.24, 2.45) is 9.98 Å². The first kappa shape index (κ1) is 11.0. The van der Waals surface area contributed by atoms with Gasteiger partial charge in [0, 0.05) is 18.0 Å². The van der Waals surface area contributed by atoms with Gasteiger partial charge in [-0.1, -0.05) is 11.6 Å². The predicted molar refractivity (Wildman–Crippen MR) is 62.0 cm³/mol. The number of esters is 1. The number of aliphatic imine (C=N–C) groups is 2. The third-order valence-electron chi connectivity index (χ3n) is 2.15. The molecule has 2 rings (SSSR count). The molecule has 2 aliphatic rings. The maximum Gasteiger partial charge on any atom is 0.312 e. The van der Waals surface area contributed by atoms with Gasteiger partial charge in [-0.2, -0.15) is 0 Å². The summed E-state index contributed by atoms with van der Waals surface area (Å²) in [5.41, 5.74) is 0.849. The van der Waals surface area contributed by atoms with Crippen LogP contribution in [-0.4, -0.2) is 41.1 Å². The summed E-state index contributed by atoms with van der Waals surface area (Å²) in [5.74, 6) is -0.175. The molecule has 0 aromatic heterocycles. The molecule has 4 nitrogen and oxygen atoms in total. The fourth-order valence-electron chi connectivity index (χ4n) is 1.40. The number of ether oxygens (including phenoxy) is 1. The maximum atomic E-state index is 10.8. The van der Waals surface area contributed by atoms with Crippen LogP contribution in [-0.2, 0) is 9.53 Å². The molecule has 2 atom stereocenters. The summed E-state index contributed by atoms with van der Waals surface area (Å²) >= 11 is 7.42. The number of carbonyl (C=O) groups excluding carboxylic acids is 1. The number of nitrogens with zero attached hydrogens (tertiary/aromatic N) is 2. The van der Waals surface area contributed by atoms with E-state index in [-0.39, 0.29) is 10.8 Å². The van der Waals surface area contributed by atoms with Gasteiger partial charge in [0.05, 0.1) is 12.1 Å². The predicted octanol–water partition coefficient (Wildman–Crippen LogP) is 1.47. The Balaban J connectivity index is 1.71. The molecule has 0 aliphatic carbocycles. The lowest BCUT2D eigenvalue weighted by molar-refractivity contribution is -0.137. The van der Waals surface area contributed by atoms with Gasteiger partial charge >= 0.3 is 5.97 Å². The lowest BCUT2D eigenvalue weighted by atomic mass is 10.3. The van der Waals surface area contributed by atoms with E-state index in [4.69, 9.17) is 16.3 Å². The van der Waals surface area contributed by atoms with E-state index in [1.54, 1.807) is 11.8 Å². The van der Waals surface area contributed by atoms with Crippen molar-refractivity contribution in [3.8, 4) is 0 Å². The number of hydrogen-bond acceptors (Lipinski definition) is 5. The molecule has 0 radical (unpaired) electrons. The standard InChI is InChI=1S/C9H11ClN2O2S/c10-9-12-4-7(15-9)1-2-11-6-3-8(13)14-5-6/h4,7,9H,1-3,5H2. The second kappa shape index (κ2) is 4.99. The van der Waals surface area contributed by atoms with Crippen LogP contribution in [0.15, 0.2) is 9.98 Å². The first-order valence-electron chi connectivity index (χ1n) is 4.75. The quantitative estimate of drug-likeness (QED) is 0.431. The highest BCUT2D eigenvalue weighted by Crippen LogP contribution is 2.28. The van der Waals surface area contributed by atoms with Gasteiger partial charge in [0.15, 0.2) is 4.83 Å². The summed E-state index contributed by atoms with van der Waals surface area (Å²) in [4.78, 5) is 19.0. The Morgan fingerprint density at radius 1 is 1.73 bits per heavy atom. The van der Waals surface area contributed by atoms with Crippen LogP contribution < -0.4 is 0 Å². The molecular formula is C9H11ClN2O2S. The maximum absolute atomic E-state index is 10.8. The summed E-state index contributed by atoms with van der Waals surface area (Å²) < 4.78 is 4.78. The van der Waals surface area contributed by atoms with Crippen LogP contribution >= 0.6 is 23.4 Å². The van der Waals surface area contributed by atoms with E-state index >= 15 is 0 Å². The number of alkyl halides is 1. The average Bonchev–Trinajstić information content (AvgIpc) is 2.76. The third-order valence-corrected chi connectivity index (χ3v) is 3.63. The smallest absolute Gasteiger partial charge is 0.312 e. The molecule has 0 aromatic carbocycles. The second-order valence-electron chi connectivity index (χ2n) is 3.34. The van der Waals surface area contributed by atoms with Crippen LogP contribution in [0.3, 0.4) is 0 Å². The van der Waals surface area contributed by atoms with Crippen LogP contribution in [0.5, 0.6) is 0 Å². The summed E-state index contributed by atoms with van der Waals surface area (Å²) in [6.07, 6.45) is 3.14. The van der Waals surface area contributed by atoms with E-state index in [0.29, 0.717) is 24.8 Å². The molecule has 0 aromatic rings. The lowest BCUT2D eigenvalue weighted by Gasteiger charge is -2.03. The van der Waals surface area contributed by atoms with Crippen molar-refractivity contribution in [1.29, 1.82) is 0 Å². The summed E-state index contributed by atoms with van der Waals surface area (Å²) in [5, 5.41) is 0.356. The normalized spacial score (nSPS) is 32.6. The van der Waals surface area contributed by atoms with Gasteiger partial charge < -0.3 is 4.74 Å². The van der Waals surface area contributed by atoms with Crippen molar-refractivity contribution >= 4 is 41.3 Å². The zero-order chi connectivity index (χ0) is 10.7. The van der Waals surface area contributed by atoms with Crippen molar-refractivity contribution < 1.29 is 9.53 Å². The Morgan fingerprint density at radius 2 is 2.60 bits per heavy atom. The fraction of sp³-hybridized carbons (Fsp3) is 0.667. The molecule has 0 saturated carbocycles. The number of halogens is 1. The Kier molecular flexibility index (Phi) is 3.64. The van der Waals surface area contributed by atoms with E-state index in [2.05, 4.69) is 9.98 Å². The van der Waals surface area contributed by atoms with Crippen LogP contribution in [0.4, 0.5) is 0 Å². The largest absolute Gasteiger partial charge is 0.459 e. The van der Waals surface area contributed by atoms with Crippen LogP contribution in [0, 0.1) is 0 Å². The molecule has 0 bridgehead atoms. The van der Waals surface area contributed by atoms with E-state index in [0.717, 1.165) is 12.1 Å². The first-order chi connectivity index (χ1) is 7.24. The molecule has 1 saturated heterocycles. The van der Waals surface area contributed by atoms with E-state index < -0.39 is 0 Å². The number of thioether (sulfide) groups is 1. The van der Waals surface area contributed by atoms with E-state index in [1.807, 2.05) is 6.21 Å². The number of cyclic esters (lactones) is 1. The molecule has 6 heteroatoms. The van der Waals surface area contributed by atoms with Crippen molar-refractivity contribution in [1.82, 2.24) is 0 Å². The van der Waals surface area contributed by atoms with Gasteiger partial charge in [0.2, 0.25) is 0 Å². The van der Waals surface area contributed by atoms with Gasteiger partial charge in [0.25, 0.3) is 0 Å². The third kappa shape index (κ3) is 3.21. The van der Waals surface area contributed by atoms with Crippen molar-refractivity contribution in [3.63, 3.8) is 0 Å². The Labute approximate surface area is 97.1 Å². The van der Waals surface area contributed by atoms with E-state index in [1.165, 1.54) is 0 Å². The molecule has 1 fully saturated rings. The fourth-order valence-corrected chi connectivity index (χ4v) is 2.68. The minimum Gasteiger partial charge on any atom is -0.459 e. The number of carbonyl (C=O) groups is 1. The molecule has 2 aliphatic heterocycles. The van der Waals surface area contributed by atoms with Gasteiger partial charge in [-0.25, -0.2) is 0 Å². The van der Waals surface area contributed by atoms with Crippen LogP contribution in [0.1, 0.15) is 12.8 Å². The summed E-state index contributed by atoms with van der Waals surface area (Å²) in [6, 6.07) is 0. The van der Waals surface area contributed by atoms with Crippen molar-refractivity contribution in [2.75, 3.05) is 13.2 Å². The molecule has 82 valence electrons. The first-order valence-corrected chi connectivity index (χ1v) is 6.12. The zero-order valence-corrected chi connectivity index (χ0v) is 9.63. The topological polar surface area (TPSA) is 51.0 Å². The highest BCUT2D eigenvalue weighted by molar-refractivity contribution is 8.02. The Hall–Kier alpha value is -0.550. The van der Waals surface area contributed by atoms with E-state index in [9.17, 15) is 4.79 Å². The minimum atomic E-state index is -0.175.